The average molecular weight is 273 g/mol. The molecule has 1 atom stereocenters. The van der Waals surface area contributed by atoms with Crippen molar-refractivity contribution >= 4 is 5.91 Å². The normalized spacial score (nSPS) is 12.2. The van der Waals surface area contributed by atoms with Gasteiger partial charge in [-0.2, -0.15) is 5.10 Å². The highest BCUT2D eigenvalue weighted by Gasteiger charge is 2.12. The van der Waals surface area contributed by atoms with Gasteiger partial charge in [0.15, 0.2) is 0 Å². The van der Waals surface area contributed by atoms with E-state index in [4.69, 9.17) is 0 Å². The van der Waals surface area contributed by atoms with Crippen LogP contribution in [0.15, 0.2) is 30.6 Å². The topological polar surface area (TPSA) is 67.2 Å². The van der Waals surface area contributed by atoms with E-state index in [9.17, 15) is 9.90 Å². The van der Waals surface area contributed by atoms with Crippen molar-refractivity contribution in [1.82, 2.24) is 15.1 Å². The average Bonchev–Trinajstić information content (AvgIpc) is 2.85. The van der Waals surface area contributed by atoms with Gasteiger partial charge in [0.25, 0.3) is 5.91 Å². The molecule has 0 bridgehead atoms. The van der Waals surface area contributed by atoms with Gasteiger partial charge >= 0.3 is 0 Å². The van der Waals surface area contributed by atoms with Gasteiger partial charge < -0.3 is 10.4 Å². The summed E-state index contributed by atoms with van der Waals surface area (Å²) in [6, 6.07) is 4.85. The molecule has 0 unspecified atom stereocenters. The molecule has 2 aromatic rings. The van der Waals surface area contributed by atoms with Crippen LogP contribution in [0.25, 0.3) is 0 Å². The number of nitrogens with zero attached hydrogens (tertiary/aromatic N) is 2. The Balaban J connectivity index is 2.00. The first kappa shape index (κ1) is 14.1. The maximum Gasteiger partial charge on any atom is 0.251 e. The number of benzene rings is 1. The molecule has 0 saturated carbocycles. The number of aryl methyl sites for hydroxylation is 2. The van der Waals surface area contributed by atoms with Crippen molar-refractivity contribution in [3.63, 3.8) is 0 Å². The maximum absolute atomic E-state index is 12.1. The van der Waals surface area contributed by atoms with E-state index in [0.29, 0.717) is 12.1 Å². The van der Waals surface area contributed by atoms with Crippen molar-refractivity contribution in [2.24, 2.45) is 0 Å². The number of nitrogens with one attached hydrogen (secondary N) is 1. The largest absolute Gasteiger partial charge is 0.508 e. The molecule has 1 heterocycles. The maximum atomic E-state index is 12.1. The third-order valence-electron chi connectivity index (χ3n) is 3.21. The van der Waals surface area contributed by atoms with Crippen LogP contribution in [0, 0.1) is 13.8 Å². The summed E-state index contributed by atoms with van der Waals surface area (Å²) in [6.07, 6.45) is 3.73. The van der Waals surface area contributed by atoms with Gasteiger partial charge in [-0.05, 0) is 44.0 Å². The summed E-state index contributed by atoms with van der Waals surface area (Å²) >= 11 is 0. The van der Waals surface area contributed by atoms with Gasteiger partial charge in [-0.3, -0.25) is 9.48 Å². The van der Waals surface area contributed by atoms with Crippen molar-refractivity contribution in [3.8, 4) is 5.75 Å². The minimum absolute atomic E-state index is 0.0743. The lowest BCUT2D eigenvalue weighted by atomic mass is 10.1. The Labute approximate surface area is 118 Å². The third kappa shape index (κ3) is 3.17. The number of aromatic nitrogens is 2. The van der Waals surface area contributed by atoms with Gasteiger partial charge in [0, 0.05) is 18.3 Å². The second-order valence-corrected chi connectivity index (χ2v) is 5.06. The summed E-state index contributed by atoms with van der Waals surface area (Å²) < 4.78 is 1.82. The third-order valence-corrected chi connectivity index (χ3v) is 3.21. The Hall–Kier alpha value is -2.30. The molecule has 0 radical (unpaired) electrons. The summed E-state index contributed by atoms with van der Waals surface area (Å²) in [7, 11) is 0. The Kier molecular flexibility index (Phi) is 4.08. The molecule has 2 rings (SSSR count). The molecule has 106 valence electrons. The fourth-order valence-corrected chi connectivity index (χ4v) is 1.96. The molecule has 0 saturated heterocycles. The molecule has 5 nitrogen and oxygen atoms in total. The van der Waals surface area contributed by atoms with Crippen LogP contribution in [0.1, 0.15) is 34.5 Å². The lowest BCUT2D eigenvalue weighted by Crippen LogP contribution is -2.30. The van der Waals surface area contributed by atoms with Crippen LogP contribution in [-0.2, 0) is 0 Å². The molecule has 20 heavy (non-hydrogen) atoms. The Morgan fingerprint density at radius 2 is 2.20 bits per heavy atom. The fourth-order valence-electron chi connectivity index (χ4n) is 1.96. The molecule has 1 aromatic heterocycles. The van der Waals surface area contributed by atoms with E-state index in [1.807, 2.05) is 31.6 Å². The number of amides is 1. The number of hydrogen-bond acceptors (Lipinski definition) is 3. The number of carbonyl (C=O) groups is 1. The molecule has 0 aliphatic heterocycles. The van der Waals surface area contributed by atoms with Crippen LogP contribution < -0.4 is 5.32 Å². The van der Waals surface area contributed by atoms with Gasteiger partial charge in [-0.25, -0.2) is 0 Å². The molecular weight excluding hydrogens is 254 g/mol. The molecule has 5 heteroatoms. The van der Waals surface area contributed by atoms with E-state index in [2.05, 4.69) is 10.4 Å². The van der Waals surface area contributed by atoms with Gasteiger partial charge in [-0.1, -0.05) is 6.07 Å². The number of phenols is 1. The second kappa shape index (κ2) is 5.77. The van der Waals surface area contributed by atoms with E-state index >= 15 is 0 Å². The minimum atomic E-state index is -0.186. The lowest BCUT2D eigenvalue weighted by Gasteiger charge is -2.14. The summed E-state index contributed by atoms with van der Waals surface area (Å²) in [5, 5.41) is 16.5. The Bertz CT molecular complexity index is 619. The molecule has 0 aliphatic carbocycles. The van der Waals surface area contributed by atoms with Crippen LogP contribution >= 0.6 is 0 Å². The van der Waals surface area contributed by atoms with Crippen molar-refractivity contribution < 1.29 is 9.90 Å². The van der Waals surface area contributed by atoms with Crippen molar-refractivity contribution in [1.29, 1.82) is 0 Å². The highest BCUT2D eigenvalue weighted by molar-refractivity contribution is 5.96. The highest BCUT2D eigenvalue weighted by Crippen LogP contribution is 2.16. The zero-order valence-corrected chi connectivity index (χ0v) is 11.9. The molecule has 1 aromatic carbocycles. The second-order valence-electron chi connectivity index (χ2n) is 5.06. The van der Waals surface area contributed by atoms with Crippen LogP contribution in [0.4, 0.5) is 0 Å². The van der Waals surface area contributed by atoms with Crippen LogP contribution in [0.5, 0.6) is 5.75 Å². The van der Waals surface area contributed by atoms with Crippen molar-refractivity contribution in [3.05, 3.63) is 47.3 Å². The van der Waals surface area contributed by atoms with Gasteiger partial charge in [-0.15, -0.1) is 0 Å². The molecule has 2 N–H and O–H groups in total. The van der Waals surface area contributed by atoms with E-state index < -0.39 is 0 Å². The molecule has 0 fully saturated rings. The Morgan fingerprint density at radius 1 is 1.45 bits per heavy atom. The van der Waals surface area contributed by atoms with Crippen LogP contribution in [0.3, 0.4) is 0 Å². The van der Waals surface area contributed by atoms with E-state index in [1.54, 1.807) is 18.3 Å². The number of carbonyl (C=O) groups excluding carboxylic acids is 1. The van der Waals surface area contributed by atoms with Gasteiger partial charge in [0.1, 0.15) is 5.75 Å². The Morgan fingerprint density at radius 3 is 2.85 bits per heavy atom. The number of phenolic OH excluding ortho intramolecular Hbond substituents is 1. The highest BCUT2D eigenvalue weighted by atomic mass is 16.3. The van der Waals surface area contributed by atoms with Crippen molar-refractivity contribution in [2.75, 3.05) is 6.54 Å². The van der Waals surface area contributed by atoms with E-state index in [-0.39, 0.29) is 17.7 Å². The first-order valence-electron chi connectivity index (χ1n) is 6.56. The zero-order valence-electron chi connectivity index (χ0n) is 11.9. The molecule has 1 amide bonds. The standard InChI is InChI=1S/C15H19N3O2/c1-10-7-17-18(9-10)12(3)8-16-15(20)14-6-13(19)5-4-11(14)2/h4-7,9,12,19H,8H2,1-3H3,(H,16,20)/t12-/m0/s1. The summed E-state index contributed by atoms with van der Waals surface area (Å²) in [5.41, 5.74) is 2.42. The van der Waals surface area contributed by atoms with Gasteiger partial charge in [0.2, 0.25) is 0 Å². The fraction of sp³-hybridized carbons (Fsp3) is 0.333. The first-order chi connectivity index (χ1) is 9.47. The number of hydrogen-bond donors (Lipinski definition) is 2. The predicted octanol–water partition coefficient (Wildman–Crippen LogP) is 2.20. The van der Waals surface area contributed by atoms with E-state index in [1.165, 1.54) is 6.07 Å². The monoisotopic (exact) mass is 273 g/mol. The first-order valence-corrected chi connectivity index (χ1v) is 6.56. The lowest BCUT2D eigenvalue weighted by molar-refractivity contribution is 0.0947. The van der Waals surface area contributed by atoms with Crippen LogP contribution in [-0.4, -0.2) is 27.3 Å². The molecule has 0 spiro atoms. The quantitative estimate of drug-likeness (QED) is 0.897. The van der Waals surface area contributed by atoms with E-state index in [0.717, 1.165) is 11.1 Å². The summed E-state index contributed by atoms with van der Waals surface area (Å²) in [5.74, 6) is -0.0920. The number of aromatic hydroxyl groups is 1. The SMILES string of the molecule is Cc1cnn([C@@H](C)CNC(=O)c2cc(O)ccc2C)c1. The molecular formula is C15H19N3O2. The smallest absolute Gasteiger partial charge is 0.251 e. The summed E-state index contributed by atoms with van der Waals surface area (Å²) in [6.45, 7) is 6.29. The van der Waals surface area contributed by atoms with Gasteiger partial charge in [0.05, 0.1) is 12.2 Å². The molecule has 0 aliphatic rings. The number of rotatable bonds is 4. The van der Waals surface area contributed by atoms with Crippen molar-refractivity contribution in [2.45, 2.75) is 26.8 Å². The predicted molar refractivity (Wildman–Crippen MR) is 76.9 cm³/mol. The minimum Gasteiger partial charge on any atom is -0.508 e. The zero-order chi connectivity index (χ0) is 14.7. The van der Waals surface area contributed by atoms with Crippen LogP contribution in [0.2, 0.25) is 0 Å². The summed E-state index contributed by atoms with van der Waals surface area (Å²) in [4.78, 5) is 12.1.